The average Bonchev–Trinajstić information content (AvgIpc) is 3.04. The second-order valence-electron chi connectivity index (χ2n) is 5.87. The highest BCUT2D eigenvalue weighted by Crippen LogP contribution is 2.50. The summed E-state index contributed by atoms with van der Waals surface area (Å²) in [6, 6.07) is 12.9. The smallest absolute Gasteiger partial charge is 0.123 e. The summed E-state index contributed by atoms with van der Waals surface area (Å²) in [7, 11) is 1.67. The van der Waals surface area contributed by atoms with Crippen molar-refractivity contribution in [1.82, 2.24) is 0 Å². The Bertz CT molecular complexity index is 686. The molecule has 22 heavy (non-hydrogen) atoms. The van der Waals surface area contributed by atoms with Crippen molar-refractivity contribution in [3.05, 3.63) is 59.4 Å². The van der Waals surface area contributed by atoms with Crippen LogP contribution in [0.1, 0.15) is 29.7 Å². The lowest BCUT2D eigenvalue weighted by Gasteiger charge is -2.36. The number of nitrogens with one attached hydrogen (secondary N) is 1. The van der Waals surface area contributed by atoms with E-state index in [0.717, 1.165) is 35.6 Å². The monoisotopic (exact) mass is 299 g/mol. The zero-order valence-corrected chi connectivity index (χ0v) is 12.4. The maximum Gasteiger partial charge on any atom is 0.123 e. The molecule has 2 aliphatic rings. The van der Waals surface area contributed by atoms with Crippen LogP contribution in [0.15, 0.2) is 42.5 Å². The van der Waals surface area contributed by atoms with E-state index in [1.165, 1.54) is 12.1 Å². The molecule has 0 aromatic heterocycles. The average molecular weight is 299 g/mol. The van der Waals surface area contributed by atoms with Crippen molar-refractivity contribution in [1.29, 1.82) is 0 Å². The molecule has 1 saturated heterocycles. The molecule has 3 atom stereocenters. The zero-order valence-electron chi connectivity index (χ0n) is 12.4. The van der Waals surface area contributed by atoms with E-state index in [1.54, 1.807) is 7.11 Å². The van der Waals surface area contributed by atoms with Crippen molar-refractivity contribution in [2.75, 3.05) is 19.0 Å². The number of methoxy groups -OCH3 is 1. The predicted molar refractivity (Wildman–Crippen MR) is 82.6 cm³/mol. The largest absolute Gasteiger partial charge is 0.497 e. The second kappa shape index (κ2) is 5.29. The van der Waals surface area contributed by atoms with Crippen LogP contribution in [0, 0.1) is 11.7 Å². The molecule has 0 bridgehead atoms. The van der Waals surface area contributed by atoms with Gasteiger partial charge in [-0.2, -0.15) is 0 Å². The molecule has 4 heteroatoms. The SMILES string of the molecule is COc1ccc2c(c1)[C@@H]1OCC[C@@H]1[C@H](c1ccc(F)cc1)N2. The van der Waals surface area contributed by atoms with Crippen molar-refractivity contribution in [2.45, 2.75) is 18.6 Å². The molecule has 1 N–H and O–H groups in total. The molecular weight excluding hydrogens is 281 g/mol. The first-order chi connectivity index (χ1) is 10.8. The summed E-state index contributed by atoms with van der Waals surface area (Å²) in [5.41, 5.74) is 3.32. The number of anilines is 1. The fraction of sp³-hybridized carbons (Fsp3) is 0.333. The van der Waals surface area contributed by atoms with Gasteiger partial charge in [0.1, 0.15) is 11.6 Å². The van der Waals surface area contributed by atoms with Crippen LogP contribution < -0.4 is 10.1 Å². The lowest BCUT2D eigenvalue weighted by atomic mass is 9.81. The molecule has 0 amide bonds. The van der Waals surface area contributed by atoms with Gasteiger partial charge in [-0.15, -0.1) is 0 Å². The lowest BCUT2D eigenvalue weighted by Crippen LogP contribution is -2.29. The molecule has 0 radical (unpaired) electrons. The Morgan fingerprint density at radius 1 is 1.18 bits per heavy atom. The Morgan fingerprint density at radius 2 is 2.00 bits per heavy atom. The molecule has 0 saturated carbocycles. The Balaban J connectivity index is 1.75. The van der Waals surface area contributed by atoms with Gasteiger partial charge in [0, 0.05) is 23.8 Å². The number of hydrogen-bond donors (Lipinski definition) is 1. The third-order valence-corrected chi connectivity index (χ3v) is 4.67. The van der Waals surface area contributed by atoms with Gasteiger partial charge in [0.15, 0.2) is 0 Å². The van der Waals surface area contributed by atoms with Gasteiger partial charge in [-0.25, -0.2) is 4.39 Å². The van der Waals surface area contributed by atoms with Crippen LogP contribution >= 0.6 is 0 Å². The van der Waals surface area contributed by atoms with Crippen molar-refractivity contribution in [3.8, 4) is 5.75 Å². The fourth-order valence-corrected chi connectivity index (χ4v) is 3.58. The number of rotatable bonds is 2. The Labute approximate surface area is 129 Å². The third kappa shape index (κ3) is 2.15. The van der Waals surface area contributed by atoms with Gasteiger partial charge >= 0.3 is 0 Å². The molecule has 3 nitrogen and oxygen atoms in total. The maximum absolute atomic E-state index is 13.2. The normalized spacial score (nSPS) is 26.0. The lowest BCUT2D eigenvalue weighted by molar-refractivity contribution is 0.0827. The Kier molecular flexibility index (Phi) is 3.26. The summed E-state index contributed by atoms with van der Waals surface area (Å²) < 4.78 is 24.5. The minimum Gasteiger partial charge on any atom is -0.497 e. The first kappa shape index (κ1) is 13.6. The molecule has 1 fully saturated rings. The Hall–Kier alpha value is -2.07. The minimum atomic E-state index is -0.205. The molecule has 114 valence electrons. The van der Waals surface area contributed by atoms with Crippen LogP contribution in [0.2, 0.25) is 0 Å². The van der Waals surface area contributed by atoms with Gasteiger partial charge < -0.3 is 14.8 Å². The summed E-state index contributed by atoms with van der Waals surface area (Å²) >= 11 is 0. The highest BCUT2D eigenvalue weighted by Gasteiger charge is 2.41. The van der Waals surface area contributed by atoms with Gasteiger partial charge in [0.05, 0.1) is 19.3 Å². The molecule has 2 aliphatic heterocycles. The van der Waals surface area contributed by atoms with E-state index in [1.807, 2.05) is 30.3 Å². The van der Waals surface area contributed by atoms with Crippen molar-refractivity contribution >= 4 is 5.69 Å². The summed E-state index contributed by atoms with van der Waals surface area (Å²) in [5, 5.41) is 3.60. The standard InChI is InChI=1S/C18H18FNO2/c1-21-13-6-7-16-15(10-13)18-14(8-9-22-18)17(20-16)11-2-4-12(19)5-3-11/h2-7,10,14,17-18,20H,8-9H2,1H3/t14-,17+,18-/m1/s1. The van der Waals surface area contributed by atoms with E-state index in [-0.39, 0.29) is 18.0 Å². The summed E-state index contributed by atoms with van der Waals surface area (Å²) in [6.07, 6.45) is 1.07. The van der Waals surface area contributed by atoms with Crippen LogP contribution in [0.25, 0.3) is 0 Å². The predicted octanol–water partition coefficient (Wildman–Crippen LogP) is 4.08. The molecule has 2 heterocycles. The van der Waals surface area contributed by atoms with Gasteiger partial charge in [-0.1, -0.05) is 12.1 Å². The van der Waals surface area contributed by atoms with Gasteiger partial charge in [-0.3, -0.25) is 0 Å². The molecular formula is C18H18FNO2. The molecule has 4 rings (SSSR count). The molecule has 2 aromatic carbocycles. The summed E-state index contributed by atoms with van der Waals surface area (Å²) in [6.45, 7) is 0.755. The topological polar surface area (TPSA) is 30.5 Å². The van der Waals surface area contributed by atoms with Crippen molar-refractivity contribution in [2.24, 2.45) is 5.92 Å². The number of halogens is 1. The number of hydrogen-bond acceptors (Lipinski definition) is 3. The van der Waals surface area contributed by atoms with Crippen LogP contribution in [0.3, 0.4) is 0 Å². The minimum absolute atomic E-state index is 0.0707. The molecule has 0 unspecified atom stereocenters. The van der Waals surface area contributed by atoms with E-state index in [2.05, 4.69) is 5.32 Å². The van der Waals surface area contributed by atoms with Gasteiger partial charge in [0.2, 0.25) is 0 Å². The highest BCUT2D eigenvalue weighted by atomic mass is 19.1. The van der Waals surface area contributed by atoms with Crippen LogP contribution in [-0.2, 0) is 4.74 Å². The fourth-order valence-electron chi connectivity index (χ4n) is 3.58. The summed E-state index contributed by atoms with van der Waals surface area (Å²) in [4.78, 5) is 0. The number of fused-ring (bicyclic) bond motifs is 3. The number of ether oxygens (including phenoxy) is 2. The summed E-state index contributed by atoms with van der Waals surface area (Å²) in [5.74, 6) is 0.990. The van der Waals surface area contributed by atoms with Gasteiger partial charge in [0.25, 0.3) is 0 Å². The molecule has 2 aromatic rings. The zero-order chi connectivity index (χ0) is 15.1. The maximum atomic E-state index is 13.2. The quantitative estimate of drug-likeness (QED) is 0.906. The van der Waals surface area contributed by atoms with Crippen molar-refractivity contribution in [3.63, 3.8) is 0 Å². The van der Waals surface area contributed by atoms with Gasteiger partial charge in [-0.05, 0) is 42.3 Å². The van der Waals surface area contributed by atoms with Crippen LogP contribution in [0.5, 0.6) is 5.75 Å². The van der Waals surface area contributed by atoms with E-state index < -0.39 is 0 Å². The van der Waals surface area contributed by atoms with E-state index in [4.69, 9.17) is 9.47 Å². The third-order valence-electron chi connectivity index (χ3n) is 4.67. The molecule has 0 aliphatic carbocycles. The second-order valence-corrected chi connectivity index (χ2v) is 5.87. The first-order valence-electron chi connectivity index (χ1n) is 7.58. The number of benzene rings is 2. The van der Waals surface area contributed by atoms with Crippen molar-refractivity contribution < 1.29 is 13.9 Å². The highest BCUT2D eigenvalue weighted by molar-refractivity contribution is 5.59. The van der Waals surface area contributed by atoms with E-state index in [9.17, 15) is 4.39 Å². The van der Waals surface area contributed by atoms with E-state index >= 15 is 0 Å². The Morgan fingerprint density at radius 3 is 2.77 bits per heavy atom. The van der Waals surface area contributed by atoms with Crippen LogP contribution in [-0.4, -0.2) is 13.7 Å². The first-order valence-corrected chi connectivity index (χ1v) is 7.58. The van der Waals surface area contributed by atoms with E-state index in [0.29, 0.717) is 5.92 Å². The van der Waals surface area contributed by atoms with Crippen LogP contribution in [0.4, 0.5) is 10.1 Å². The molecule has 0 spiro atoms.